The molecule has 1 unspecified atom stereocenters. The van der Waals surface area contributed by atoms with Crippen LogP contribution in [0.25, 0.3) is 10.8 Å². The molecule has 0 bridgehead atoms. The predicted octanol–water partition coefficient (Wildman–Crippen LogP) is 5.03. The first-order valence-corrected chi connectivity index (χ1v) is 15.4. The van der Waals surface area contributed by atoms with Crippen molar-refractivity contribution in [2.24, 2.45) is 0 Å². The average Bonchev–Trinajstić information content (AvgIpc) is 2.86. The molecule has 0 aliphatic carbocycles. The summed E-state index contributed by atoms with van der Waals surface area (Å²) in [4.78, 5) is 26.2. The van der Waals surface area contributed by atoms with E-state index in [1.807, 2.05) is 27.7 Å². The van der Waals surface area contributed by atoms with Crippen molar-refractivity contribution >= 4 is 38.2 Å². The summed E-state index contributed by atoms with van der Waals surface area (Å²) in [6, 6.07) is 5.20. The lowest BCUT2D eigenvalue weighted by atomic mass is 9.84. The zero-order chi connectivity index (χ0) is 29.6. The minimum Gasteiger partial charge on any atom is -0.474 e. The molecule has 4 rings (SSSR count). The molecule has 0 spiro atoms. The quantitative estimate of drug-likeness (QED) is 0.337. The number of esters is 1. The molecule has 4 heterocycles. The van der Waals surface area contributed by atoms with Gasteiger partial charge in [0.15, 0.2) is 0 Å². The monoisotopic (exact) mass is 570 g/mol. The maximum absolute atomic E-state index is 12.5. The van der Waals surface area contributed by atoms with E-state index in [0.29, 0.717) is 58.0 Å². The molecule has 1 aliphatic rings. The first-order chi connectivity index (χ1) is 18.5. The number of carbonyl (C=O) groups excluding carboxylic acids is 1. The van der Waals surface area contributed by atoms with Gasteiger partial charge < -0.3 is 19.9 Å². The molecule has 0 amide bonds. The predicted molar refractivity (Wildman–Crippen MR) is 154 cm³/mol. The summed E-state index contributed by atoms with van der Waals surface area (Å²) in [5, 5.41) is 15.1. The molecule has 11 heteroatoms. The Balaban J connectivity index is 1.71. The third-order valence-electron chi connectivity index (χ3n) is 7.92. The maximum atomic E-state index is 12.5. The van der Waals surface area contributed by atoms with E-state index in [4.69, 9.17) is 14.5 Å². The Bertz CT molecular complexity index is 1550. The number of nitrogens with zero attached hydrogens (tertiary/aromatic N) is 3. The summed E-state index contributed by atoms with van der Waals surface area (Å²) in [7, 11) is -3.20. The van der Waals surface area contributed by atoms with E-state index >= 15 is 0 Å². The number of anilines is 2. The number of carbonyl (C=O) groups is 1. The highest BCUT2D eigenvalue weighted by molar-refractivity contribution is 7.91. The van der Waals surface area contributed by atoms with Crippen LogP contribution in [0.4, 0.5) is 11.6 Å². The molecule has 40 heavy (non-hydrogen) atoms. The topological polar surface area (TPSA) is 141 Å². The van der Waals surface area contributed by atoms with Gasteiger partial charge in [0.1, 0.15) is 27.1 Å². The standard InChI is InChI=1S/C29H38N4O6S/c1-9-29(7,35)22-15-31-26(38-16(2)12-17(3)40(8,36)37)21-14-30-24(13-20(21)22)32-23-11-10-19-25(33-23)18(4)28(5,6)39-27(19)34/h10-11,13-18,35H,9,12H2,1-8H3,(H,30,32,33)/t16-,17-,18-,29?/m1/s1. The van der Waals surface area contributed by atoms with Crippen molar-refractivity contribution in [1.29, 1.82) is 0 Å². The minimum absolute atomic E-state index is 0.115. The highest BCUT2D eigenvalue weighted by Crippen LogP contribution is 2.39. The number of hydrogen-bond donors (Lipinski definition) is 2. The lowest BCUT2D eigenvalue weighted by Gasteiger charge is -2.36. The van der Waals surface area contributed by atoms with E-state index in [-0.39, 0.29) is 5.92 Å². The highest BCUT2D eigenvalue weighted by Gasteiger charge is 2.40. The number of hydrogen-bond acceptors (Lipinski definition) is 10. The molecule has 0 aromatic carbocycles. The summed E-state index contributed by atoms with van der Waals surface area (Å²) >= 11 is 0. The molecular formula is C29H38N4O6S. The van der Waals surface area contributed by atoms with Gasteiger partial charge in [-0.3, -0.25) is 0 Å². The normalized spacial score (nSPS) is 19.7. The van der Waals surface area contributed by atoms with Crippen molar-refractivity contribution in [1.82, 2.24) is 15.0 Å². The van der Waals surface area contributed by atoms with Crippen LogP contribution in [-0.2, 0) is 20.2 Å². The molecule has 3 aromatic rings. The minimum atomic E-state index is -3.20. The Labute approximate surface area is 235 Å². The van der Waals surface area contributed by atoms with E-state index < -0.39 is 38.4 Å². The smallest absolute Gasteiger partial charge is 0.340 e. The van der Waals surface area contributed by atoms with E-state index in [0.717, 1.165) is 0 Å². The van der Waals surface area contributed by atoms with Crippen LogP contribution < -0.4 is 10.1 Å². The fourth-order valence-corrected chi connectivity index (χ4v) is 5.28. The third kappa shape index (κ3) is 5.90. The number of cyclic esters (lactones) is 1. The number of sulfone groups is 1. The summed E-state index contributed by atoms with van der Waals surface area (Å²) in [6.45, 7) is 12.8. The number of ether oxygens (including phenoxy) is 2. The second-order valence-corrected chi connectivity index (χ2v) is 14.0. The first kappa shape index (κ1) is 29.7. The van der Waals surface area contributed by atoms with E-state index in [2.05, 4.69) is 15.3 Å². The Morgan fingerprint density at radius 1 is 1.18 bits per heavy atom. The summed E-state index contributed by atoms with van der Waals surface area (Å²) in [6.07, 6.45) is 4.74. The van der Waals surface area contributed by atoms with Crippen molar-refractivity contribution in [2.75, 3.05) is 11.6 Å². The first-order valence-electron chi connectivity index (χ1n) is 13.4. The van der Waals surface area contributed by atoms with Gasteiger partial charge in [0, 0.05) is 36.6 Å². The molecule has 0 saturated carbocycles. The van der Waals surface area contributed by atoms with Gasteiger partial charge in [0.25, 0.3) is 0 Å². The third-order valence-corrected chi connectivity index (χ3v) is 9.58. The maximum Gasteiger partial charge on any atom is 0.340 e. The fourth-order valence-electron chi connectivity index (χ4n) is 4.66. The van der Waals surface area contributed by atoms with E-state index in [1.54, 1.807) is 51.4 Å². The van der Waals surface area contributed by atoms with Gasteiger partial charge >= 0.3 is 5.97 Å². The van der Waals surface area contributed by atoms with Crippen LogP contribution in [0.2, 0.25) is 0 Å². The Morgan fingerprint density at radius 3 is 2.52 bits per heavy atom. The lowest BCUT2D eigenvalue weighted by molar-refractivity contribution is -0.0189. The zero-order valence-electron chi connectivity index (χ0n) is 24.3. The molecule has 0 fully saturated rings. The number of nitrogens with one attached hydrogen (secondary N) is 1. The number of fused-ring (bicyclic) bond motifs is 2. The van der Waals surface area contributed by atoms with Crippen molar-refractivity contribution in [3.05, 3.63) is 47.4 Å². The number of aromatic nitrogens is 3. The van der Waals surface area contributed by atoms with Gasteiger partial charge in [-0.2, -0.15) is 0 Å². The molecule has 4 atom stereocenters. The summed E-state index contributed by atoms with van der Waals surface area (Å²) in [5.74, 6) is 0.790. The number of pyridine rings is 3. The van der Waals surface area contributed by atoms with Crippen LogP contribution in [-0.4, -0.2) is 57.7 Å². The molecular weight excluding hydrogens is 532 g/mol. The molecule has 0 saturated heterocycles. The molecule has 2 N–H and O–H groups in total. The van der Waals surface area contributed by atoms with Crippen LogP contribution in [0.1, 0.15) is 88.8 Å². The molecule has 10 nitrogen and oxygen atoms in total. The van der Waals surface area contributed by atoms with Crippen LogP contribution in [0, 0.1) is 0 Å². The van der Waals surface area contributed by atoms with Crippen molar-refractivity contribution in [3.8, 4) is 5.88 Å². The Morgan fingerprint density at radius 2 is 1.88 bits per heavy atom. The number of aliphatic hydroxyl groups is 1. The molecule has 3 aromatic heterocycles. The molecule has 0 radical (unpaired) electrons. The molecule has 216 valence electrons. The van der Waals surface area contributed by atoms with Gasteiger partial charge in [-0.1, -0.05) is 13.8 Å². The lowest BCUT2D eigenvalue weighted by Crippen LogP contribution is -2.39. The zero-order valence-corrected chi connectivity index (χ0v) is 25.1. The second-order valence-electron chi connectivity index (χ2n) is 11.5. The van der Waals surface area contributed by atoms with Crippen molar-refractivity contribution < 1.29 is 27.8 Å². The average molecular weight is 571 g/mol. The van der Waals surface area contributed by atoms with Gasteiger partial charge in [0.2, 0.25) is 5.88 Å². The Kier molecular flexibility index (Phi) is 7.85. The fraction of sp³-hybridized carbons (Fsp3) is 0.517. The largest absolute Gasteiger partial charge is 0.474 e. The van der Waals surface area contributed by atoms with Crippen LogP contribution >= 0.6 is 0 Å². The van der Waals surface area contributed by atoms with Gasteiger partial charge in [0.05, 0.1) is 33.6 Å². The van der Waals surface area contributed by atoms with Crippen molar-refractivity contribution in [3.63, 3.8) is 0 Å². The second kappa shape index (κ2) is 10.6. The van der Waals surface area contributed by atoms with Crippen LogP contribution in [0.15, 0.2) is 30.6 Å². The molecule has 1 aliphatic heterocycles. The van der Waals surface area contributed by atoms with E-state index in [1.165, 1.54) is 6.26 Å². The van der Waals surface area contributed by atoms with Crippen molar-refractivity contribution in [2.45, 2.75) is 89.8 Å². The van der Waals surface area contributed by atoms with Gasteiger partial charge in [-0.25, -0.2) is 28.2 Å². The van der Waals surface area contributed by atoms with Crippen LogP contribution in [0.5, 0.6) is 5.88 Å². The van der Waals surface area contributed by atoms with Gasteiger partial charge in [-0.05, 0) is 64.6 Å². The summed E-state index contributed by atoms with van der Waals surface area (Å²) < 4.78 is 35.5. The van der Waals surface area contributed by atoms with Gasteiger partial charge in [-0.15, -0.1) is 0 Å². The van der Waals surface area contributed by atoms with Crippen LogP contribution in [0.3, 0.4) is 0 Å². The highest BCUT2D eigenvalue weighted by atomic mass is 32.2. The number of rotatable bonds is 9. The summed E-state index contributed by atoms with van der Waals surface area (Å²) in [5.41, 5.74) is -0.144. The Hall–Kier alpha value is -3.31. The SMILES string of the molecule is CCC(C)(O)c1cnc(O[C@H](C)C[C@@H](C)S(C)(=O)=O)c2cnc(Nc3ccc4c(n3)[C@@H](C)C(C)(C)OC4=O)cc12. The van der Waals surface area contributed by atoms with E-state index in [9.17, 15) is 18.3 Å².